The monoisotopic (exact) mass is 264 g/mol. The highest BCUT2D eigenvalue weighted by molar-refractivity contribution is 5.21. The fourth-order valence-electron chi connectivity index (χ4n) is 4.26. The van der Waals surface area contributed by atoms with Crippen LogP contribution in [0, 0.1) is 0 Å². The Morgan fingerprint density at radius 1 is 1.05 bits per heavy atom. The highest BCUT2D eigenvalue weighted by Crippen LogP contribution is 2.40. The molecule has 2 nitrogen and oxygen atoms in total. The van der Waals surface area contributed by atoms with E-state index in [4.69, 9.17) is 0 Å². The van der Waals surface area contributed by atoms with Gasteiger partial charge in [-0.1, -0.05) is 37.3 Å². The van der Waals surface area contributed by atoms with Crippen LogP contribution in [0.4, 0.5) is 0 Å². The van der Waals surface area contributed by atoms with E-state index in [1.54, 1.807) is 5.57 Å². The van der Waals surface area contributed by atoms with E-state index in [0.717, 1.165) is 0 Å². The molecule has 0 aromatic carbocycles. The average Bonchev–Trinajstić information content (AvgIpc) is 2.83. The van der Waals surface area contributed by atoms with Crippen LogP contribution in [0.3, 0.4) is 0 Å². The zero-order chi connectivity index (χ0) is 13.7. The molecule has 1 atom stereocenters. The van der Waals surface area contributed by atoms with Crippen molar-refractivity contribution in [1.82, 2.24) is 10.2 Å². The third-order valence-electron chi connectivity index (χ3n) is 5.38. The molecule has 2 rings (SSSR count). The van der Waals surface area contributed by atoms with Gasteiger partial charge in [0, 0.05) is 11.6 Å². The number of allylic oxidation sites excluding steroid dienone is 1. The Labute approximate surface area is 119 Å². The minimum Gasteiger partial charge on any atom is -0.312 e. The maximum absolute atomic E-state index is 3.67. The molecule has 0 amide bonds. The first-order chi connectivity index (χ1) is 9.20. The molecule has 0 saturated heterocycles. The van der Waals surface area contributed by atoms with Crippen molar-refractivity contribution in [3.05, 3.63) is 11.6 Å². The number of nitrogens with zero attached hydrogens (tertiary/aromatic N) is 1. The van der Waals surface area contributed by atoms with Gasteiger partial charge in [0.15, 0.2) is 0 Å². The summed E-state index contributed by atoms with van der Waals surface area (Å²) in [6.07, 6.45) is 16.2. The lowest BCUT2D eigenvalue weighted by atomic mass is 9.79. The van der Waals surface area contributed by atoms with Crippen LogP contribution in [-0.4, -0.2) is 37.6 Å². The fourth-order valence-corrected chi connectivity index (χ4v) is 4.26. The summed E-state index contributed by atoms with van der Waals surface area (Å²) in [5, 5.41) is 3.67. The van der Waals surface area contributed by atoms with Gasteiger partial charge in [0.1, 0.15) is 0 Å². The van der Waals surface area contributed by atoms with Gasteiger partial charge in [0.2, 0.25) is 0 Å². The largest absolute Gasteiger partial charge is 0.312 e. The molecule has 1 fully saturated rings. The predicted molar refractivity (Wildman–Crippen MR) is 83.5 cm³/mol. The number of likely N-dealkylation sites (N-methyl/N-ethyl adjacent to an activating group) is 2. The average molecular weight is 264 g/mol. The second-order valence-corrected chi connectivity index (χ2v) is 6.66. The summed E-state index contributed by atoms with van der Waals surface area (Å²) in [4.78, 5) is 2.50. The topological polar surface area (TPSA) is 15.3 Å². The number of rotatable bonds is 4. The van der Waals surface area contributed by atoms with Crippen LogP contribution in [0.25, 0.3) is 0 Å². The van der Waals surface area contributed by atoms with E-state index in [0.29, 0.717) is 11.6 Å². The zero-order valence-corrected chi connectivity index (χ0v) is 13.2. The van der Waals surface area contributed by atoms with Gasteiger partial charge >= 0.3 is 0 Å². The van der Waals surface area contributed by atoms with Gasteiger partial charge < -0.3 is 10.2 Å². The predicted octanol–water partition coefficient (Wildman–Crippen LogP) is 3.73. The van der Waals surface area contributed by atoms with Crippen LogP contribution in [0.1, 0.15) is 64.2 Å². The summed E-state index contributed by atoms with van der Waals surface area (Å²) in [5.41, 5.74) is 2.05. The Balaban J connectivity index is 2.21. The molecule has 19 heavy (non-hydrogen) atoms. The molecule has 1 unspecified atom stereocenters. The SMILES string of the molecule is CNC(C1=CCCCCCC1)C1(N(C)C)CCCC1. The molecule has 0 bridgehead atoms. The number of hydrogen-bond acceptors (Lipinski definition) is 2. The number of hydrogen-bond donors (Lipinski definition) is 1. The lowest BCUT2D eigenvalue weighted by molar-refractivity contribution is 0.121. The van der Waals surface area contributed by atoms with Crippen LogP contribution in [0.15, 0.2) is 11.6 Å². The van der Waals surface area contributed by atoms with Crippen molar-refractivity contribution in [1.29, 1.82) is 0 Å². The van der Waals surface area contributed by atoms with Gasteiger partial charge in [-0.05, 0) is 59.7 Å². The summed E-state index contributed by atoms with van der Waals surface area (Å²) in [5.74, 6) is 0. The second-order valence-electron chi connectivity index (χ2n) is 6.66. The lowest BCUT2D eigenvalue weighted by Gasteiger charge is -2.44. The smallest absolute Gasteiger partial charge is 0.0463 e. The van der Waals surface area contributed by atoms with Crippen LogP contribution in [-0.2, 0) is 0 Å². The van der Waals surface area contributed by atoms with Crippen molar-refractivity contribution in [2.24, 2.45) is 0 Å². The van der Waals surface area contributed by atoms with Gasteiger partial charge in [-0.15, -0.1) is 0 Å². The molecule has 0 spiro atoms. The molecule has 1 saturated carbocycles. The summed E-state index contributed by atoms with van der Waals surface area (Å²) < 4.78 is 0. The van der Waals surface area contributed by atoms with E-state index < -0.39 is 0 Å². The first kappa shape index (κ1) is 15.1. The van der Waals surface area contributed by atoms with Crippen LogP contribution >= 0.6 is 0 Å². The fraction of sp³-hybridized carbons (Fsp3) is 0.882. The third kappa shape index (κ3) is 3.22. The molecule has 2 aliphatic rings. The molecular weight excluding hydrogens is 232 g/mol. The Bertz CT molecular complexity index is 300. The highest BCUT2D eigenvalue weighted by Gasteiger charge is 2.43. The minimum absolute atomic E-state index is 0.361. The molecule has 0 aromatic rings. The van der Waals surface area contributed by atoms with Crippen molar-refractivity contribution in [3.63, 3.8) is 0 Å². The van der Waals surface area contributed by atoms with Crippen molar-refractivity contribution in [3.8, 4) is 0 Å². The van der Waals surface area contributed by atoms with Crippen molar-refractivity contribution >= 4 is 0 Å². The molecule has 2 heteroatoms. The van der Waals surface area contributed by atoms with Crippen LogP contribution in [0.2, 0.25) is 0 Å². The van der Waals surface area contributed by atoms with Crippen LogP contribution < -0.4 is 5.32 Å². The first-order valence-electron chi connectivity index (χ1n) is 8.24. The van der Waals surface area contributed by atoms with E-state index in [-0.39, 0.29) is 0 Å². The van der Waals surface area contributed by atoms with Gasteiger partial charge in [-0.2, -0.15) is 0 Å². The van der Waals surface area contributed by atoms with Gasteiger partial charge in [-0.3, -0.25) is 0 Å². The quantitative estimate of drug-likeness (QED) is 0.778. The summed E-state index contributed by atoms with van der Waals surface area (Å²) in [6, 6.07) is 0.558. The van der Waals surface area contributed by atoms with Crippen molar-refractivity contribution in [2.75, 3.05) is 21.1 Å². The summed E-state index contributed by atoms with van der Waals surface area (Å²) >= 11 is 0. The van der Waals surface area contributed by atoms with Gasteiger partial charge in [0.25, 0.3) is 0 Å². The molecule has 0 aliphatic heterocycles. The maximum Gasteiger partial charge on any atom is 0.0463 e. The molecule has 0 heterocycles. The van der Waals surface area contributed by atoms with Crippen molar-refractivity contribution in [2.45, 2.75) is 75.8 Å². The normalized spacial score (nSPS) is 25.8. The Morgan fingerprint density at radius 3 is 2.37 bits per heavy atom. The number of nitrogens with one attached hydrogen (secondary N) is 1. The Morgan fingerprint density at radius 2 is 1.74 bits per heavy atom. The van der Waals surface area contributed by atoms with E-state index in [1.165, 1.54) is 64.2 Å². The van der Waals surface area contributed by atoms with E-state index in [2.05, 4.69) is 37.4 Å². The van der Waals surface area contributed by atoms with Gasteiger partial charge in [0.05, 0.1) is 0 Å². The van der Waals surface area contributed by atoms with E-state index in [1.807, 2.05) is 0 Å². The molecular formula is C17H32N2. The zero-order valence-electron chi connectivity index (χ0n) is 13.2. The third-order valence-corrected chi connectivity index (χ3v) is 5.38. The summed E-state index contributed by atoms with van der Waals surface area (Å²) in [7, 11) is 6.71. The molecule has 110 valence electrons. The van der Waals surface area contributed by atoms with Crippen molar-refractivity contribution < 1.29 is 0 Å². The summed E-state index contributed by atoms with van der Waals surface area (Å²) in [6.45, 7) is 0. The standard InChI is InChI=1S/C17H32N2/c1-18-16(15-11-7-5-4-6-8-12-15)17(19(2)3)13-9-10-14-17/h11,16,18H,4-10,12-14H2,1-3H3. The van der Waals surface area contributed by atoms with E-state index >= 15 is 0 Å². The molecule has 0 radical (unpaired) electrons. The minimum atomic E-state index is 0.361. The maximum atomic E-state index is 3.67. The Kier molecular flexibility index (Phi) is 5.47. The van der Waals surface area contributed by atoms with E-state index in [9.17, 15) is 0 Å². The highest BCUT2D eigenvalue weighted by atomic mass is 15.2. The lowest BCUT2D eigenvalue weighted by Crippen LogP contribution is -2.57. The van der Waals surface area contributed by atoms with Crippen LogP contribution in [0.5, 0.6) is 0 Å². The molecule has 1 N–H and O–H groups in total. The second kappa shape index (κ2) is 6.90. The molecule has 2 aliphatic carbocycles. The first-order valence-corrected chi connectivity index (χ1v) is 8.24. The Hall–Kier alpha value is -0.340. The molecule has 0 aromatic heterocycles. The van der Waals surface area contributed by atoms with Gasteiger partial charge in [-0.25, -0.2) is 0 Å².